The molecule has 0 bridgehead atoms. The standard InChI is InChI=1S/C11H12N6O/c12-8-3-7-5-15-16-9(7)4-10(8)13-2-1-11-14-6-18-17-11/h3-6,13H,1-2,12H2,(H,15,16). The maximum atomic E-state index is 5.95. The van der Waals surface area contributed by atoms with E-state index in [0.29, 0.717) is 24.5 Å². The average molecular weight is 244 g/mol. The minimum Gasteiger partial charge on any atom is -0.397 e. The lowest BCUT2D eigenvalue weighted by atomic mass is 10.2. The molecule has 0 saturated carbocycles. The van der Waals surface area contributed by atoms with Crippen molar-refractivity contribution < 1.29 is 4.52 Å². The Labute approximate surface area is 102 Å². The van der Waals surface area contributed by atoms with Crippen molar-refractivity contribution in [1.29, 1.82) is 0 Å². The predicted octanol–water partition coefficient (Wildman–Crippen LogP) is 1.18. The molecule has 92 valence electrons. The highest BCUT2D eigenvalue weighted by Gasteiger charge is 2.04. The Bertz CT molecular complexity index is 645. The number of hydrogen-bond acceptors (Lipinski definition) is 6. The van der Waals surface area contributed by atoms with Gasteiger partial charge in [0.1, 0.15) is 0 Å². The van der Waals surface area contributed by atoms with E-state index in [4.69, 9.17) is 5.73 Å². The first-order valence-electron chi connectivity index (χ1n) is 5.54. The van der Waals surface area contributed by atoms with Crippen molar-refractivity contribution >= 4 is 22.3 Å². The number of hydrogen-bond donors (Lipinski definition) is 3. The highest BCUT2D eigenvalue weighted by Crippen LogP contribution is 2.24. The molecule has 1 aromatic carbocycles. The second-order valence-electron chi connectivity index (χ2n) is 3.92. The highest BCUT2D eigenvalue weighted by atomic mass is 16.5. The van der Waals surface area contributed by atoms with Gasteiger partial charge in [0.05, 0.1) is 23.1 Å². The van der Waals surface area contributed by atoms with Gasteiger partial charge in [-0.1, -0.05) is 5.16 Å². The second kappa shape index (κ2) is 4.36. The van der Waals surface area contributed by atoms with Gasteiger partial charge >= 0.3 is 0 Å². The summed E-state index contributed by atoms with van der Waals surface area (Å²) in [6, 6.07) is 3.82. The maximum absolute atomic E-state index is 5.95. The summed E-state index contributed by atoms with van der Waals surface area (Å²) in [5, 5.41) is 14.8. The Morgan fingerprint density at radius 2 is 2.33 bits per heavy atom. The summed E-state index contributed by atoms with van der Waals surface area (Å²) in [5.74, 6) is 0.670. The molecule has 0 radical (unpaired) electrons. The van der Waals surface area contributed by atoms with Gasteiger partial charge in [-0.05, 0) is 12.1 Å². The first kappa shape index (κ1) is 10.6. The topological polar surface area (TPSA) is 106 Å². The van der Waals surface area contributed by atoms with Crippen molar-refractivity contribution in [2.45, 2.75) is 6.42 Å². The van der Waals surface area contributed by atoms with Gasteiger partial charge in [-0.2, -0.15) is 10.1 Å². The first-order valence-corrected chi connectivity index (χ1v) is 5.54. The van der Waals surface area contributed by atoms with E-state index in [1.165, 1.54) is 6.39 Å². The zero-order valence-electron chi connectivity index (χ0n) is 9.55. The number of fused-ring (bicyclic) bond motifs is 1. The third-order valence-corrected chi connectivity index (χ3v) is 2.68. The van der Waals surface area contributed by atoms with Crippen molar-refractivity contribution in [3.63, 3.8) is 0 Å². The summed E-state index contributed by atoms with van der Waals surface area (Å²) >= 11 is 0. The van der Waals surface area contributed by atoms with Crippen molar-refractivity contribution in [2.75, 3.05) is 17.6 Å². The fraction of sp³-hybridized carbons (Fsp3) is 0.182. The summed E-state index contributed by atoms with van der Waals surface area (Å²) in [6.07, 6.45) is 3.74. The predicted molar refractivity (Wildman–Crippen MR) is 67.0 cm³/mol. The van der Waals surface area contributed by atoms with Crippen LogP contribution in [0.4, 0.5) is 11.4 Å². The molecule has 0 saturated heterocycles. The molecule has 0 aliphatic heterocycles. The van der Waals surface area contributed by atoms with Gasteiger partial charge in [0.25, 0.3) is 0 Å². The fourth-order valence-electron chi connectivity index (χ4n) is 1.77. The number of aromatic nitrogens is 4. The van der Waals surface area contributed by atoms with E-state index in [2.05, 4.69) is 30.2 Å². The van der Waals surface area contributed by atoms with Crippen LogP contribution >= 0.6 is 0 Å². The molecular weight excluding hydrogens is 232 g/mol. The Morgan fingerprint density at radius 1 is 1.39 bits per heavy atom. The van der Waals surface area contributed by atoms with E-state index >= 15 is 0 Å². The molecule has 3 aromatic rings. The summed E-state index contributed by atoms with van der Waals surface area (Å²) in [4.78, 5) is 3.95. The first-order chi connectivity index (χ1) is 8.83. The Kier molecular flexibility index (Phi) is 2.56. The fourth-order valence-corrected chi connectivity index (χ4v) is 1.77. The van der Waals surface area contributed by atoms with Crippen molar-refractivity contribution in [2.24, 2.45) is 0 Å². The number of H-pyrrole nitrogens is 1. The van der Waals surface area contributed by atoms with Gasteiger partial charge in [0.2, 0.25) is 6.39 Å². The Hall–Kier alpha value is -2.57. The number of nitrogens with one attached hydrogen (secondary N) is 2. The smallest absolute Gasteiger partial charge is 0.213 e. The van der Waals surface area contributed by atoms with Gasteiger partial charge in [-0.3, -0.25) is 5.10 Å². The number of anilines is 2. The molecule has 0 spiro atoms. The quantitative estimate of drug-likeness (QED) is 0.595. The minimum atomic E-state index is 0.670. The van der Waals surface area contributed by atoms with Gasteiger partial charge < -0.3 is 15.6 Å². The van der Waals surface area contributed by atoms with Crippen LogP contribution in [0.3, 0.4) is 0 Å². The zero-order valence-corrected chi connectivity index (χ0v) is 9.55. The van der Waals surface area contributed by atoms with Gasteiger partial charge in [0, 0.05) is 18.4 Å². The number of nitrogens with zero attached hydrogens (tertiary/aromatic N) is 3. The molecule has 0 atom stereocenters. The van der Waals surface area contributed by atoms with Crippen LogP contribution in [-0.4, -0.2) is 26.9 Å². The van der Waals surface area contributed by atoms with Crippen LogP contribution in [0.1, 0.15) is 5.82 Å². The van der Waals surface area contributed by atoms with Gasteiger partial charge in [-0.25, -0.2) is 0 Å². The van der Waals surface area contributed by atoms with Crippen LogP contribution in [0.2, 0.25) is 0 Å². The van der Waals surface area contributed by atoms with E-state index in [9.17, 15) is 0 Å². The molecule has 0 amide bonds. The van der Waals surface area contributed by atoms with Gasteiger partial charge in [0.15, 0.2) is 5.82 Å². The molecule has 2 heterocycles. The average Bonchev–Trinajstić information content (AvgIpc) is 3.00. The molecule has 7 heteroatoms. The van der Waals surface area contributed by atoms with E-state index in [-0.39, 0.29) is 0 Å². The molecule has 3 rings (SSSR count). The molecular formula is C11H12N6O. The van der Waals surface area contributed by atoms with Gasteiger partial charge in [-0.15, -0.1) is 0 Å². The van der Waals surface area contributed by atoms with Crippen LogP contribution in [-0.2, 0) is 6.42 Å². The SMILES string of the molecule is Nc1cc2cn[nH]c2cc1NCCc1ncon1. The Morgan fingerprint density at radius 3 is 3.17 bits per heavy atom. The molecule has 0 aliphatic rings. The van der Waals surface area contributed by atoms with Crippen LogP contribution in [0.5, 0.6) is 0 Å². The zero-order chi connectivity index (χ0) is 12.4. The summed E-state index contributed by atoms with van der Waals surface area (Å²) < 4.78 is 4.66. The van der Waals surface area contributed by atoms with Crippen molar-refractivity contribution in [3.8, 4) is 0 Å². The lowest BCUT2D eigenvalue weighted by Crippen LogP contribution is -2.07. The van der Waals surface area contributed by atoms with Crippen LogP contribution in [0.25, 0.3) is 10.9 Å². The van der Waals surface area contributed by atoms with Crippen molar-refractivity contribution in [3.05, 3.63) is 30.5 Å². The lowest BCUT2D eigenvalue weighted by Gasteiger charge is -2.08. The minimum absolute atomic E-state index is 0.670. The molecule has 7 nitrogen and oxygen atoms in total. The number of nitrogen functional groups attached to an aromatic ring is 1. The van der Waals surface area contributed by atoms with Crippen LogP contribution < -0.4 is 11.1 Å². The Balaban J connectivity index is 1.71. The highest BCUT2D eigenvalue weighted by molar-refractivity contribution is 5.88. The second-order valence-corrected chi connectivity index (χ2v) is 3.92. The van der Waals surface area contributed by atoms with Crippen LogP contribution in [0.15, 0.2) is 29.2 Å². The molecule has 0 aliphatic carbocycles. The largest absolute Gasteiger partial charge is 0.397 e. The van der Waals surface area contributed by atoms with Crippen LogP contribution in [0, 0.1) is 0 Å². The normalized spacial score (nSPS) is 10.9. The molecule has 18 heavy (non-hydrogen) atoms. The summed E-state index contributed by atoms with van der Waals surface area (Å²) in [5.41, 5.74) is 8.46. The third kappa shape index (κ3) is 1.97. The molecule has 2 aromatic heterocycles. The van der Waals surface area contributed by atoms with E-state index in [0.717, 1.165) is 16.6 Å². The number of aromatic amines is 1. The van der Waals surface area contributed by atoms with E-state index < -0.39 is 0 Å². The maximum Gasteiger partial charge on any atom is 0.213 e. The summed E-state index contributed by atoms with van der Waals surface area (Å²) in [7, 11) is 0. The third-order valence-electron chi connectivity index (χ3n) is 2.68. The summed E-state index contributed by atoms with van der Waals surface area (Å²) in [6.45, 7) is 0.684. The molecule has 0 fully saturated rings. The number of rotatable bonds is 4. The van der Waals surface area contributed by atoms with Crippen molar-refractivity contribution in [1.82, 2.24) is 20.3 Å². The number of benzene rings is 1. The molecule has 0 unspecified atom stereocenters. The lowest BCUT2D eigenvalue weighted by molar-refractivity contribution is 0.410. The molecule has 4 N–H and O–H groups in total. The van der Waals surface area contributed by atoms with E-state index in [1.54, 1.807) is 6.20 Å². The number of nitrogens with two attached hydrogens (primary N) is 1. The van der Waals surface area contributed by atoms with E-state index in [1.807, 2.05) is 12.1 Å². The monoisotopic (exact) mass is 244 g/mol.